The number of rotatable bonds is 4. The van der Waals surface area contributed by atoms with Crippen LogP contribution in [-0.2, 0) is 6.54 Å². The molecule has 82 valence electrons. The zero-order valence-corrected chi connectivity index (χ0v) is 9.52. The van der Waals surface area contributed by atoms with Crippen molar-refractivity contribution in [1.29, 1.82) is 0 Å². The third-order valence-corrected chi connectivity index (χ3v) is 3.33. The molecule has 0 bridgehead atoms. The molecule has 3 heteroatoms. The minimum atomic E-state index is -0.291. The fraction of sp³-hybridized carbons (Fsp3) is 0.500. The van der Waals surface area contributed by atoms with Crippen molar-refractivity contribution in [3.05, 3.63) is 34.6 Å². The van der Waals surface area contributed by atoms with Gasteiger partial charge in [0.15, 0.2) is 0 Å². The molecule has 1 N–H and O–H groups in total. The summed E-state index contributed by atoms with van der Waals surface area (Å²) in [6.07, 6.45) is 2.42. The van der Waals surface area contributed by atoms with Crippen molar-refractivity contribution in [2.24, 2.45) is 5.92 Å². The van der Waals surface area contributed by atoms with E-state index in [1.807, 2.05) is 0 Å². The van der Waals surface area contributed by atoms with Crippen molar-refractivity contribution >= 4 is 11.6 Å². The van der Waals surface area contributed by atoms with Gasteiger partial charge in [0.05, 0.1) is 5.02 Å². The van der Waals surface area contributed by atoms with Crippen molar-refractivity contribution < 1.29 is 4.39 Å². The van der Waals surface area contributed by atoms with Gasteiger partial charge >= 0.3 is 0 Å². The van der Waals surface area contributed by atoms with Crippen LogP contribution in [0.3, 0.4) is 0 Å². The minimum absolute atomic E-state index is 0.206. The Balaban J connectivity index is 1.91. The van der Waals surface area contributed by atoms with E-state index in [1.165, 1.54) is 12.8 Å². The smallest absolute Gasteiger partial charge is 0.146 e. The highest BCUT2D eigenvalue weighted by atomic mass is 35.5. The number of hydrogen-bond donors (Lipinski definition) is 1. The highest BCUT2D eigenvalue weighted by Gasteiger charge is 2.34. The second-order valence-electron chi connectivity index (χ2n) is 4.10. The first-order valence-corrected chi connectivity index (χ1v) is 5.76. The number of nitrogens with one attached hydrogen (secondary N) is 1. The molecule has 0 aliphatic heterocycles. The Bertz CT molecular complexity index is 353. The normalized spacial score (nSPS) is 24.2. The molecule has 1 aliphatic carbocycles. The molecule has 1 nitrogen and oxygen atoms in total. The van der Waals surface area contributed by atoms with Crippen molar-refractivity contribution in [3.63, 3.8) is 0 Å². The van der Waals surface area contributed by atoms with Gasteiger partial charge in [0, 0.05) is 18.2 Å². The molecular formula is C12H15ClFN. The summed E-state index contributed by atoms with van der Waals surface area (Å²) in [5.41, 5.74) is 0.657. The molecule has 0 saturated heterocycles. The van der Waals surface area contributed by atoms with Crippen molar-refractivity contribution in [2.45, 2.75) is 32.4 Å². The van der Waals surface area contributed by atoms with Gasteiger partial charge in [0.2, 0.25) is 0 Å². The quantitative estimate of drug-likeness (QED) is 0.832. The summed E-state index contributed by atoms with van der Waals surface area (Å²) in [6, 6.07) is 5.71. The molecule has 0 amide bonds. The summed E-state index contributed by atoms with van der Waals surface area (Å²) in [7, 11) is 0. The van der Waals surface area contributed by atoms with Gasteiger partial charge in [0.25, 0.3) is 0 Å². The average Bonchev–Trinajstić information content (AvgIpc) is 2.99. The van der Waals surface area contributed by atoms with Crippen LogP contribution in [0.2, 0.25) is 5.02 Å². The van der Waals surface area contributed by atoms with Crippen molar-refractivity contribution in [1.82, 2.24) is 5.32 Å². The molecule has 1 saturated carbocycles. The Hall–Kier alpha value is -0.600. The number of halogens is 2. The summed E-state index contributed by atoms with van der Waals surface area (Å²) >= 11 is 5.70. The van der Waals surface area contributed by atoms with Gasteiger partial charge < -0.3 is 5.32 Å². The van der Waals surface area contributed by atoms with E-state index in [4.69, 9.17) is 11.6 Å². The standard InChI is InChI=1S/C12H15ClFN/c1-2-8-6-11(8)15-7-9-4-3-5-10(13)12(9)14/h3-5,8,11,15H,2,6-7H2,1H3. The Labute approximate surface area is 94.6 Å². The van der Waals surface area contributed by atoms with E-state index in [-0.39, 0.29) is 10.8 Å². The zero-order valence-electron chi connectivity index (χ0n) is 8.76. The summed E-state index contributed by atoms with van der Waals surface area (Å²) < 4.78 is 13.5. The molecule has 2 rings (SSSR count). The largest absolute Gasteiger partial charge is 0.310 e. The van der Waals surface area contributed by atoms with Crippen LogP contribution < -0.4 is 5.32 Å². The first-order valence-electron chi connectivity index (χ1n) is 5.38. The van der Waals surface area contributed by atoms with Crippen molar-refractivity contribution in [2.75, 3.05) is 0 Å². The molecule has 0 heterocycles. The lowest BCUT2D eigenvalue weighted by atomic mass is 10.2. The highest BCUT2D eigenvalue weighted by molar-refractivity contribution is 6.30. The van der Waals surface area contributed by atoms with Crippen LogP contribution in [-0.4, -0.2) is 6.04 Å². The summed E-state index contributed by atoms with van der Waals surface area (Å²) in [6.45, 7) is 2.76. The molecule has 2 unspecified atom stereocenters. The molecule has 0 aromatic heterocycles. The van der Waals surface area contributed by atoms with Gasteiger partial charge in [-0.25, -0.2) is 4.39 Å². The maximum absolute atomic E-state index is 13.5. The van der Waals surface area contributed by atoms with E-state index in [1.54, 1.807) is 18.2 Å². The molecule has 0 spiro atoms. The Morgan fingerprint density at radius 3 is 3.00 bits per heavy atom. The Kier molecular flexibility index (Phi) is 3.27. The maximum atomic E-state index is 13.5. The summed E-state index contributed by atoms with van der Waals surface area (Å²) in [4.78, 5) is 0. The molecule has 1 aromatic rings. The van der Waals surface area contributed by atoms with Crippen LogP contribution in [0, 0.1) is 11.7 Å². The van der Waals surface area contributed by atoms with E-state index >= 15 is 0 Å². The van der Waals surface area contributed by atoms with Crippen LogP contribution in [0.5, 0.6) is 0 Å². The molecular weight excluding hydrogens is 213 g/mol. The van der Waals surface area contributed by atoms with Crippen LogP contribution >= 0.6 is 11.6 Å². The van der Waals surface area contributed by atoms with E-state index in [0.717, 1.165) is 5.92 Å². The van der Waals surface area contributed by atoms with E-state index in [0.29, 0.717) is 18.2 Å². The SMILES string of the molecule is CCC1CC1NCc1cccc(Cl)c1F. The highest BCUT2D eigenvalue weighted by Crippen LogP contribution is 2.33. The lowest BCUT2D eigenvalue weighted by Crippen LogP contribution is -2.18. The monoisotopic (exact) mass is 227 g/mol. The predicted molar refractivity (Wildman–Crippen MR) is 60.4 cm³/mol. The predicted octanol–water partition coefficient (Wildman–Crippen LogP) is 3.37. The summed E-state index contributed by atoms with van der Waals surface area (Å²) in [5, 5.41) is 3.55. The maximum Gasteiger partial charge on any atom is 0.146 e. The topological polar surface area (TPSA) is 12.0 Å². The lowest BCUT2D eigenvalue weighted by Gasteiger charge is -2.06. The number of hydrogen-bond acceptors (Lipinski definition) is 1. The van der Waals surface area contributed by atoms with Crippen LogP contribution in [0.4, 0.5) is 4.39 Å². The van der Waals surface area contributed by atoms with Crippen LogP contribution in [0.1, 0.15) is 25.3 Å². The second kappa shape index (κ2) is 4.50. The average molecular weight is 228 g/mol. The molecule has 1 fully saturated rings. The van der Waals surface area contributed by atoms with Crippen molar-refractivity contribution in [3.8, 4) is 0 Å². The second-order valence-corrected chi connectivity index (χ2v) is 4.51. The van der Waals surface area contributed by atoms with Gasteiger partial charge in [-0.1, -0.05) is 37.1 Å². The fourth-order valence-electron chi connectivity index (χ4n) is 1.87. The van der Waals surface area contributed by atoms with Gasteiger partial charge in [-0.15, -0.1) is 0 Å². The molecule has 1 aromatic carbocycles. The first-order chi connectivity index (χ1) is 7.22. The third kappa shape index (κ3) is 2.50. The molecule has 0 radical (unpaired) electrons. The van der Waals surface area contributed by atoms with Gasteiger partial charge in [0.1, 0.15) is 5.82 Å². The third-order valence-electron chi connectivity index (χ3n) is 3.03. The first kappa shape index (κ1) is 10.9. The fourth-order valence-corrected chi connectivity index (χ4v) is 2.07. The number of benzene rings is 1. The zero-order chi connectivity index (χ0) is 10.8. The Morgan fingerprint density at radius 1 is 1.53 bits per heavy atom. The van der Waals surface area contributed by atoms with Crippen LogP contribution in [0.15, 0.2) is 18.2 Å². The van der Waals surface area contributed by atoms with Gasteiger partial charge in [-0.3, -0.25) is 0 Å². The molecule has 15 heavy (non-hydrogen) atoms. The van der Waals surface area contributed by atoms with Gasteiger partial charge in [-0.05, 0) is 18.4 Å². The summed E-state index contributed by atoms with van der Waals surface area (Å²) in [5.74, 6) is 0.493. The van der Waals surface area contributed by atoms with Crippen LogP contribution in [0.25, 0.3) is 0 Å². The van der Waals surface area contributed by atoms with Gasteiger partial charge in [-0.2, -0.15) is 0 Å². The Morgan fingerprint density at radius 2 is 2.33 bits per heavy atom. The molecule has 1 aliphatic rings. The van der Waals surface area contributed by atoms with E-state index in [2.05, 4.69) is 12.2 Å². The lowest BCUT2D eigenvalue weighted by molar-refractivity contribution is 0.573. The van der Waals surface area contributed by atoms with E-state index < -0.39 is 0 Å². The minimum Gasteiger partial charge on any atom is -0.310 e. The van der Waals surface area contributed by atoms with E-state index in [9.17, 15) is 4.39 Å². The molecule has 2 atom stereocenters.